The zero-order valence-electron chi connectivity index (χ0n) is 9.52. The van der Waals surface area contributed by atoms with Gasteiger partial charge in [0.05, 0.1) is 13.0 Å². The van der Waals surface area contributed by atoms with Crippen molar-refractivity contribution >= 4 is 11.9 Å². The van der Waals surface area contributed by atoms with Gasteiger partial charge in [0.25, 0.3) is 0 Å². The lowest BCUT2D eigenvalue weighted by atomic mass is 10.3. The molecule has 0 spiro atoms. The molecule has 0 saturated heterocycles. The number of hydrogen-bond acceptors (Lipinski definition) is 3. The first-order chi connectivity index (χ1) is 7.00. The molecule has 5 nitrogen and oxygen atoms in total. The zero-order chi connectivity index (χ0) is 11.8. The molecular formula is C10H19NO4. The fraction of sp³-hybridized carbons (Fsp3) is 0.800. The van der Waals surface area contributed by atoms with Gasteiger partial charge in [0.15, 0.2) is 0 Å². The van der Waals surface area contributed by atoms with E-state index in [0.717, 1.165) is 6.42 Å². The lowest BCUT2D eigenvalue weighted by Gasteiger charge is -2.21. The van der Waals surface area contributed by atoms with Gasteiger partial charge in [-0.25, -0.2) is 4.79 Å². The summed E-state index contributed by atoms with van der Waals surface area (Å²) < 4.78 is 5.15. The highest BCUT2D eigenvalue weighted by Gasteiger charge is 2.20. The summed E-state index contributed by atoms with van der Waals surface area (Å²) in [5.74, 6) is -1.21. The Bertz CT molecular complexity index is 217. The van der Waals surface area contributed by atoms with E-state index >= 15 is 0 Å². The van der Waals surface area contributed by atoms with Crippen LogP contribution in [0.2, 0.25) is 0 Å². The number of aliphatic carboxylic acids is 1. The summed E-state index contributed by atoms with van der Waals surface area (Å²) in [6.07, 6.45) is 1.14. The predicted octanol–water partition coefficient (Wildman–Crippen LogP) is 0.735. The summed E-state index contributed by atoms with van der Waals surface area (Å²) in [4.78, 5) is 23.3. The highest BCUT2D eigenvalue weighted by molar-refractivity contribution is 5.83. The fourth-order valence-corrected chi connectivity index (χ4v) is 0.964. The van der Waals surface area contributed by atoms with E-state index in [0.29, 0.717) is 13.2 Å². The van der Waals surface area contributed by atoms with Crippen LogP contribution < -0.4 is 0 Å². The first-order valence-corrected chi connectivity index (χ1v) is 5.06. The second-order valence-corrected chi connectivity index (χ2v) is 3.38. The Balaban J connectivity index is 3.84. The molecule has 0 heterocycles. The Kier molecular flexibility index (Phi) is 6.70. The number of likely N-dealkylation sites (N-methyl/N-ethyl adjacent to an activating group) is 1. The van der Waals surface area contributed by atoms with Crippen molar-refractivity contribution in [3.63, 3.8) is 0 Å². The second kappa shape index (κ2) is 7.23. The summed E-state index contributed by atoms with van der Waals surface area (Å²) >= 11 is 0. The van der Waals surface area contributed by atoms with Crippen molar-refractivity contribution < 1.29 is 19.4 Å². The number of carbonyl (C=O) groups is 2. The molecule has 1 unspecified atom stereocenters. The van der Waals surface area contributed by atoms with Crippen LogP contribution >= 0.6 is 0 Å². The van der Waals surface area contributed by atoms with Crippen molar-refractivity contribution in [3.8, 4) is 0 Å². The molecule has 0 aromatic carbocycles. The number of amides is 1. The van der Waals surface area contributed by atoms with Crippen molar-refractivity contribution in [2.75, 3.05) is 20.3 Å². The predicted molar refractivity (Wildman–Crippen MR) is 55.6 cm³/mol. The van der Waals surface area contributed by atoms with Crippen molar-refractivity contribution in [3.05, 3.63) is 0 Å². The van der Waals surface area contributed by atoms with Crippen LogP contribution in [-0.2, 0) is 14.3 Å². The molecule has 0 bridgehead atoms. The van der Waals surface area contributed by atoms with Gasteiger partial charge in [0.1, 0.15) is 6.04 Å². The van der Waals surface area contributed by atoms with E-state index in [1.807, 2.05) is 6.92 Å². The monoisotopic (exact) mass is 217 g/mol. The van der Waals surface area contributed by atoms with Gasteiger partial charge in [0.2, 0.25) is 5.91 Å². The van der Waals surface area contributed by atoms with E-state index in [1.165, 1.54) is 18.9 Å². The van der Waals surface area contributed by atoms with Gasteiger partial charge in [-0.1, -0.05) is 6.92 Å². The maximum atomic E-state index is 11.4. The molecule has 0 aliphatic rings. The third-order valence-corrected chi connectivity index (χ3v) is 2.14. The molecule has 1 atom stereocenters. The van der Waals surface area contributed by atoms with Crippen LogP contribution in [-0.4, -0.2) is 48.2 Å². The molecule has 0 rings (SSSR count). The normalized spacial score (nSPS) is 12.2. The van der Waals surface area contributed by atoms with Gasteiger partial charge in [-0.3, -0.25) is 4.79 Å². The van der Waals surface area contributed by atoms with Gasteiger partial charge in [-0.2, -0.15) is 0 Å². The van der Waals surface area contributed by atoms with Gasteiger partial charge < -0.3 is 14.7 Å². The molecule has 0 aliphatic heterocycles. The Morgan fingerprint density at radius 1 is 1.40 bits per heavy atom. The summed E-state index contributed by atoms with van der Waals surface area (Å²) in [5.41, 5.74) is 0. The minimum atomic E-state index is -1.000. The molecule has 0 aliphatic carbocycles. The standard InChI is InChI=1S/C10H19NO4/c1-4-6-15-7-5-9(12)11(3)8(2)10(13)14/h8H,4-7H2,1-3H3,(H,13,14). The quantitative estimate of drug-likeness (QED) is 0.638. The molecule has 1 N–H and O–H groups in total. The fourth-order valence-electron chi connectivity index (χ4n) is 0.964. The average molecular weight is 217 g/mol. The molecule has 1 amide bonds. The van der Waals surface area contributed by atoms with Crippen molar-refractivity contribution in [1.82, 2.24) is 4.90 Å². The first kappa shape index (κ1) is 13.9. The Hall–Kier alpha value is -1.10. The number of hydrogen-bond donors (Lipinski definition) is 1. The summed E-state index contributed by atoms with van der Waals surface area (Å²) in [7, 11) is 1.49. The molecule has 5 heteroatoms. The molecular weight excluding hydrogens is 198 g/mol. The summed E-state index contributed by atoms with van der Waals surface area (Å²) in [6, 6.07) is -0.788. The number of nitrogens with zero attached hydrogens (tertiary/aromatic N) is 1. The number of rotatable bonds is 7. The van der Waals surface area contributed by atoms with Crippen LogP contribution in [0.1, 0.15) is 26.7 Å². The van der Waals surface area contributed by atoms with Gasteiger partial charge in [-0.15, -0.1) is 0 Å². The second-order valence-electron chi connectivity index (χ2n) is 3.38. The van der Waals surface area contributed by atoms with Gasteiger partial charge in [0, 0.05) is 13.7 Å². The Morgan fingerprint density at radius 3 is 2.47 bits per heavy atom. The number of ether oxygens (including phenoxy) is 1. The maximum Gasteiger partial charge on any atom is 0.326 e. The van der Waals surface area contributed by atoms with E-state index in [9.17, 15) is 9.59 Å². The van der Waals surface area contributed by atoms with E-state index < -0.39 is 12.0 Å². The topological polar surface area (TPSA) is 66.8 Å². The number of carboxylic acid groups (broad SMARTS) is 1. The van der Waals surface area contributed by atoms with E-state index in [4.69, 9.17) is 9.84 Å². The SMILES string of the molecule is CCCOCCC(=O)N(C)C(C)C(=O)O. The lowest BCUT2D eigenvalue weighted by molar-refractivity contribution is -0.148. The molecule has 0 fully saturated rings. The van der Waals surface area contributed by atoms with Gasteiger partial charge in [-0.05, 0) is 13.3 Å². The number of carbonyl (C=O) groups excluding carboxylic acids is 1. The third kappa shape index (κ3) is 5.37. The van der Waals surface area contributed by atoms with Crippen LogP contribution in [0.3, 0.4) is 0 Å². The highest BCUT2D eigenvalue weighted by Crippen LogP contribution is 1.99. The van der Waals surface area contributed by atoms with Crippen molar-refractivity contribution in [2.24, 2.45) is 0 Å². The minimum absolute atomic E-state index is 0.207. The maximum absolute atomic E-state index is 11.4. The summed E-state index contributed by atoms with van der Waals surface area (Å²) in [5, 5.41) is 8.69. The first-order valence-electron chi connectivity index (χ1n) is 5.06. The van der Waals surface area contributed by atoms with Crippen LogP contribution in [0.4, 0.5) is 0 Å². The molecule has 0 aromatic heterocycles. The average Bonchev–Trinajstić information content (AvgIpc) is 2.21. The van der Waals surface area contributed by atoms with Gasteiger partial charge >= 0.3 is 5.97 Å². The smallest absolute Gasteiger partial charge is 0.326 e. The van der Waals surface area contributed by atoms with Crippen molar-refractivity contribution in [2.45, 2.75) is 32.7 Å². The van der Waals surface area contributed by atoms with Crippen LogP contribution in [0, 0.1) is 0 Å². The van der Waals surface area contributed by atoms with E-state index in [2.05, 4.69) is 0 Å². The highest BCUT2D eigenvalue weighted by atomic mass is 16.5. The van der Waals surface area contributed by atoms with E-state index in [1.54, 1.807) is 0 Å². The third-order valence-electron chi connectivity index (χ3n) is 2.14. The van der Waals surface area contributed by atoms with Crippen LogP contribution in [0.25, 0.3) is 0 Å². The lowest BCUT2D eigenvalue weighted by Crippen LogP contribution is -2.40. The Labute approximate surface area is 90.0 Å². The molecule has 0 radical (unpaired) electrons. The molecule has 15 heavy (non-hydrogen) atoms. The largest absolute Gasteiger partial charge is 0.480 e. The Morgan fingerprint density at radius 2 is 2.00 bits per heavy atom. The number of carboxylic acids is 1. The minimum Gasteiger partial charge on any atom is -0.480 e. The molecule has 0 saturated carbocycles. The summed E-state index contributed by atoms with van der Waals surface area (Å²) in [6.45, 7) is 4.45. The van der Waals surface area contributed by atoms with E-state index in [-0.39, 0.29) is 12.3 Å². The molecule has 0 aromatic rings. The van der Waals surface area contributed by atoms with Crippen LogP contribution in [0.15, 0.2) is 0 Å². The molecule has 88 valence electrons. The van der Waals surface area contributed by atoms with Crippen LogP contribution in [0.5, 0.6) is 0 Å². The van der Waals surface area contributed by atoms with Crippen molar-refractivity contribution in [1.29, 1.82) is 0 Å². The zero-order valence-corrected chi connectivity index (χ0v) is 9.52.